The molecule has 138 valence electrons. The van der Waals surface area contributed by atoms with Gasteiger partial charge in [0.1, 0.15) is 0 Å². The van der Waals surface area contributed by atoms with Crippen molar-refractivity contribution in [3.63, 3.8) is 0 Å². The Hall–Kier alpha value is -3.13. The topological polar surface area (TPSA) is 54.0 Å². The minimum absolute atomic E-state index is 0.345. The van der Waals surface area contributed by atoms with Gasteiger partial charge < -0.3 is 10.6 Å². The Morgan fingerprint density at radius 3 is 2.41 bits per heavy atom. The lowest BCUT2D eigenvalue weighted by Crippen LogP contribution is -2.07. The van der Waals surface area contributed by atoms with Gasteiger partial charge in [-0.25, -0.2) is 4.98 Å². The molecule has 0 aliphatic carbocycles. The van der Waals surface area contributed by atoms with Gasteiger partial charge in [-0.1, -0.05) is 6.58 Å². The first kappa shape index (κ1) is 18.7. The predicted molar refractivity (Wildman–Crippen MR) is 101 cm³/mol. The Kier molecular flexibility index (Phi) is 5.27. The van der Waals surface area contributed by atoms with Crippen molar-refractivity contribution < 1.29 is 18.0 Å². The molecule has 0 atom stereocenters. The number of halogens is 3. The van der Waals surface area contributed by atoms with Crippen LogP contribution in [-0.2, 0) is 11.0 Å². The number of thiazole rings is 1. The van der Waals surface area contributed by atoms with Gasteiger partial charge in [-0.2, -0.15) is 13.2 Å². The fraction of sp³-hybridized carbons (Fsp3) is 0.0526. The molecule has 3 rings (SSSR count). The van der Waals surface area contributed by atoms with Gasteiger partial charge in [-0.15, -0.1) is 11.3 Å². The molecule has 0 radical (unpaired) electrons. The van der Waals surface area contributed by atoms with Crippen LogP contribution in [0.25, 0.3) is 11.3 Å². The predicted octanol–water partition coefficient (Wildman–Crippen LogP) is 5.70. The average molecular weight is 389 g/mol. The Morgan fingerprint density at radius 1 is 1.11 bits per heavy atom. The standard InChI is InChI=1S/C19H14F3N3OS/c1-2-18(26)25-14-7-8-16(15(9-14)17-10-27-11-23-17)24-13-5-3-12(4-6-13)19(20,21)22/h2-11,24H,1H2,(H,25,26). The summed E-state index contributed by atoms with van der Waals surface area (Å²) < 4.78 is 38.1. The Bertz CT molecular complexity index is 951. The van der Waals surface area contributed by atoms with Crippen molar-refractivity contribution in [2.24, 2.45) is 0 Å². The van der Waals surface area contributed by atoms with Crippen molar-refractivity contribution in [2.75, 3.05) is 10.6 Å². The Labute approximate surface area is 157 Å². The van der Waals surface area contributed by atoms with Gasteiger partial charge in [0.05, 0.1) is 16.8 Å². The summed E-state index contributed by atoms with van der Waals surface area (Å²) >= 11 is 1.41. The van der Waals surface area contributed by atoms with Crippen LogP contribution < -0.4 is 10.6 Å². The zero-order valence-electron chi connectivity index (χ0n) is 13.9. The third-order valence-electron chi connectivity index (χ3n) is 3.67. The second-order valence-electron chi connectivity index (χ2n) is 5.53. The van der Waals surface area contributed by atoms with E-state index in [1.165, 1.54) is 23.5 Å². The number of benzene rings is 2. The Balaban J connectivity index is 1.92. The first-order chi connectivity index (χ1) is 12.9. The summed E-state index contributed by atoms with van der Waals surface area (Å²) in [6.07, 6.45) is -3.22. The summed E-state index contributed by atoms with van der Waals surface area (Å²) in [6, 6.07) is 9.91. The number of carbonyl (C=O) groups is 1. The summed E-state index contributed by atoms with van der Waals surface area (Å²) in [5.41, 5.74) is 4.06. The fourth-order valence-corrected chi connectivity index (χ4v) is 2.93. The largest absolute Gasteiger partial charge is 0.416 e. The lowest BCUT2D eigenvalue weighted by Gasteiger charge is -2.14. The van der Waals surface area contributed by atoms with Gasteiger partial charge in [0.15, 0.2) is 0 Å². The van der Waals surface area contributed by atoms with Gasteiger partial charge >= 0.3 is 6.18 Å². The summed E-state index contributed by atoms with van der Waals surface area (Å²) in [4.78, 5) is 15.8. The maximum Gasteiger partial charge on any atom is 0.416 e. The fourth-order valence-electron chi connectivity index (χ4n) is 2.38. The van der Waals surface area contributed by atoms with E-state index in [0.717, 1.165) is 18.2 Å². The molecule has 1 aromatic heterocycles. The van der Waals surface area contributed by atoms with Crippen LogP contribution in [0.3, 0.4) is 0 Å². The van der Waals surface area contributed by atoms with E-state index in [9.17, 15) is 18.0 Å². The first-order valence-electron chi connectivity index (χ1n) is 7.77. The number of nitrogens with zero attached hydrogens (tertiary/aromatic N) is 1. The molecule has 0 saturated heterocycles. The van der Waals surface area contributed by atoms with Crippen molar-refractivity contribution in [1.29, 1.82) is 0 Å². The number of carbonyl (C=O) groups excluding carboxylic acids is 1. The molecule has 0 aliphatic rings. The summed E-state index contributed by atoms with van der Waals surface area (Å²) in [7, 11) is 0. The highest BCUT2D eigenvalue weighted by atomic mass is 32.1. The molecule has 0 saturated carbocycles. The van der Waals surface area contributed by atoms with E-state index >= 15 is 0 Å². The van der Waals surface area contributed by atoms with Crippen LogP contribution in [0.5, 0.6) is 0 Å². The van der Waals surface area contributed by atoms with Crippen LogP contribution in [0.2, 0.25) is 0 Å². The lowest BCUT2D eigenvalue weighted by atomic mass is 10.1. The number of rotatable bonds is 5. The van der Waals surface area contributed by atoms with Crippen LogP contribution in [0.4, 0.5) is 30.2 Å². The van der Waals surface area contributed by atoms with Gasteiger partial charge in [0.25, 0.3) is 0 Å². The first-order valence-corrected chi connectivity index (χ1v) is 8.71. The van der Waals surface area contributed by atoms with Crippen LogP contribution in [-0.4, -0.2) is 10.9 Å². The molecule has 0 unspecified atom stereocenters. The summed E-state index contributed by atoms with van der Waals surface area (Å²) in [6.45, 7) is 3.41. The van der Waals surface area contributed by atoms with E-state index in [0.29, 0.717) is 28.3 Å². The summed E-state index contributed by atoms with van der Waals surface area (Å²) in [5.74, 6) is -0.345. The summed E-state index contributed by atoms with van der Waals surface area (Å²) in [5, 5.41) is 7.61. The normalized spacial score (nSPS) is 11.1. The zero-order valence-corrected chi connectivity index (χ0v) is 14.7. The number of nitrogens with one attached hydrogen (secondary N) is 2. The third-order valence-corrected chi connectivity index (χ3v) is 4.26. The number of aromatic nitrogens is 1. The van der Waals surface area contributed by atoms with E-state index in [-0.39, 0.29) is 5.91 Å². The average Bonchev–Trinajstić information content (AvgIpc) is 3.17. The van der Waals surface area contributed by atoms with Crippen LogP contribution >= 0.6 is 11.3 Å². The third kappa shape index (κ3) is 4.53. The quantitative estimate of drug-likeness (QED) is 0.551. The molecule has 27 heavy (non-hydrogen) atoms. The maximum atomic E-state index is 12.7. The van der Waals surface area contributed by atoms with Gasteiger partial charge in [0, 0.05) is 28.0 Å². The van der Waals surface area contributed by atoms with E-state index in [4.69, 9.17) is 0 Å². The van der Waals surface area contributed by atoms with Crippen LogP contribution in [0, 0.1) is 0 Å². The van der Waals surface area contributed by atoms with Crippen molar-refractivity contribution in [1.82, 2.24) is 4.98 Å². The second kappa shape index (κ2) is 7.63. The highest BCUT2D eigenvalue weighted by Gasteiger charge is 2.29. The molecule has 0 bridgehead atoms. The van der Waals surface area contributed by atoms with Gasteiger partial charge in [0.2, 0.25) is 5.91 Å². The van der Waals surface area contributed by atoms with Crippen LogP contribution in [0.15, 0.2) is 66.0 Å². The molecule has 0 aliphatic heterocycles. The van der Waals surface area contributed by atoms with Crippen molar-refractivity contribution >= 4 is 34.3 Å². The monoisotopic (exact) mass is 389 g/mol. The molecular formula is C19H14F3N3OS. The molecular weight excluding hydrogens is 375 g/mol. The number of alkyl halides is 3. The molecule has 0 spiro atoms. The SMILES string of the molecule is C=CC(=O)Nc1ccc(Nc2ccc(C(F)(F)F)cc2)c(-c2cscn2)c1. The van der Waals surface area contributed by atoms with Crippen LogP contribution in [0.1, 0.15) is 5.56 Å². The number of amides is 1. The smallest absolute Gasteiger partial charge is 0.355 e. The van der Waals surface area contributed by atoms with E-state index in [2.05, 4.69) is 22.2 Å². The molecule has 3 aromatic rings. The molecule has 8 heteroatoms. The minimum Gasteiger partial charge on any atom is -0.355 e. The molecule has 2 N–H and O–H groups in total. The second-order valence-corrected chi connectivity index (χ2v) is 6.25. The van der Waals surface area contributed by atoms with Crippen molar-refractivity contribution in [3.05, 3.63) is 71.6 Å². The molecule has 1 heterocycles. The van der Waals surface area contributed by atoms with E-state index in [1.807, 2.05) is 5.38 Å². The highest BCUT2D eigenvalue weighted by Crippen LogP contribution is 2.34. The van der Waals surface area contributed by atoms with Gasteiger partial charge in [-0.3, -0.25) is 4.79 Å². The van der Waals surface area contributed by atoms with E-state index in [1.54, 1.807) is 23.7 Å². The number of anilines is 3. The number of hydrogen-bond acceptors (Lipinski definition) is 4. The zero-order chi connectivity index (χ0) is 19.4. The van der Waals surface area contributed by atoms with Crippen molar-refractivity contribution in [2.45, 2.75) is 6.18 Å². The lowest BCUT2D eigenvalue weighted by molar-refractivity contribution is -0.137. The maximum absolute atomic E-state index is 12.7. The van der Waals surface area contributed by atoms with Crippen molar-refractivity contribution in [3.8, 4) is 11.3 Å². The van der Waals surface area contributed by atoms with Gasteiger partial charge in [-0.05, 0) is 48.5 Å². The molecule has 4 nitrogen and oxygen atoms in total. The molecule has 2 aromatic carbocycles. The minimum atomic E-state index is -4.38. The molecule has 1 amide bonds. The highest BCUT2D eigenvalue weighted by molar-refractivity contribution is 7.07. The molecule has 0 fully saturated rings. The van der Waals surface area contributed by atoms with E-state index < -0.39 is 11.7 Å². The number of hydrogen-bond donors (Lipinski definition) is 2. The Morgan fingerprint density at radius 2 is 1.81 bits per heavy atom.